The summed E-state index contributed by atoms with van der Waals surface area (Å²) in [5, 5.41) is 13.9. The van der Waals surface area contributed by atoms with Crippen molar-refractivity contribution in [3.63, 3.8) is 0 Å². The summed E-state index contributed by atoms with van der Waals surface area (Å²) >= 11 is 0. The monoisotopic (exact) mass is 268 g/mol. The summed E-state index contributed by atoms with van der Waals surface area (Å²) in [5.41, 5.74) is 0.0346. The van der Waals surface area contributed by atoms with Crippen molar-refractivity contribution in [1.29, 1.82) is 0 Å². The summed E-state index contributed by atoms with van der Waals surface area (Å²) < 4.78 is 12.4. The maximum Gasteiger partial charge on any atom is 0.269 e. The molecule has 1 aliphatic rings. The first-order valence-electron chi connectivity index (χ1n) is 5.96. The number of nitrogens with zero attached hydrogens (tertiary/aromatic N) is 1. The van der Waals surface area contributed by atoms with Gasteiger partial charge in [0.1, 0.15) is 0 Å². The van der Waals surface area contributed by atoms with E-state index in [9.17, 15) is 14.3 Å². The van der Waals surface area contributed by atoms with Crippen molar-refractivity contribution in [1.82, 2.24) is 5.32 Å². The zero-order chi connectivity index (χ0) is 13.1. The lowest BCUT2D eigenvalue weighted by Crippen LogP contribution is -2.35. The number of hydrogen-bond acceptors (Lipinski definition) is 4. The first-order valence-corrected chi connectivity index (χ1v) is 7.17. The SMILES string of the molecule is CNC1CCCC1S(=O)c1ccc([N+](=O)[O-])cc1. The Bertz CT molecular complexity index is 461. The van der Waals surface area contributed by atoms with E-state index < -0.39 is 15.7 Å². The standard InChI is InChI=1S/C12H16N2O3S/c1-13-11-3-2-4-12(11)18(17)10-7-5-9(6-8-10)14(15)16/h5-8,11-13H,2-4H2,1H3. The predicted octanol–water partition coefficient (Wildman–Crippen LogP) is 1.84. The Hall–Kier alpha value is -1.27. The van der Waals surface area contributed by atoms with Gasteiger partial charge in [-0.15, -0.1) is 0 Å². The number of nitro benzene ring substituents is 1. The molecular formula is C12H16N2O3S. The second-order valence-electron chi connectivity index (χ2n) is 4.41. The molecule has 1 fully saturated rings. The van der Waals surface area contributed by atoms with Crippen LogP contribution in [0.1, 0.15) is 19.3 Å². The van der Waals surface area contributed by atoms with Crippen molar-refractivity contribution >= 4 is 16.5 Å². The van der Waals surface area contributed by atoms with Crippen LogP contribution in [-0.2, 0) is 10.8 Å². The van der Waals surface area contributed by atoms with Crippen LogP contribution in [-0.4, -0.2) is 27.5 Å². The van der Waals surface area contributed by atoms with E-state index in [1.165, 1.54) is 12.1 Å². The third-order valence-corrected chi connectivity index (χ3v) is 5.23. The van der Waals surface area contributed by atoms with Crippen molar-refractivity contribution < 1.29 is 9.13 Å². The summed E-state index contributed by atoms with van der Waals surface area (Å²) in [6.45, 7) is 0. The molecule has 0 amide bonds. The van der Waals surface area contributed by atoms with Crippen LogP contribution >= 0.6 is 0 Å². The Morgan fingerprint density at radius 1 is 1.33 bits per heavy atom. The molecule has 3 unspecified atom stereocenters. The third-order valence-electron chi connectivity index (χ3n) is 3.38. The highest BCUT2D eigenvalue weighted by molar-refractivity contribution is 7.85. The van der Waals surface area contributed by atoms with Crippen molar-refractivity contribution in [2.75, 3.05) is 7.05 Å². The normalized spacial score (nSPS) is 24.9. The van der Waals surface area contributed by atoms with E-state index in [0.29, 0.717) is 4.90 Å². The molecule has 0 spiro atoms. The fraction of sp³-hybridized carbons (Fsp3) is 0.500. The second kappa shape index (κ2) is 5.58. The molecule has 1 aromatic carbocycles. The molecule has 0 bridgehead atoms. The van der Waals surface area contributed by atoms with E-state index in [1.54, 1.807) is 12.1 Å². The summed E-state index contributed by atoms with van der Waals surface area (Å²) in [6, 6.07) is 6.30. The summed E-state index contributed by atoms with van der Waals surface area (Å²) in [7, 11) is 0.790. The van der Waals surface area contributed by atoms with E-state index in [2.05, 4.69) is 5.32 Å². The van der Waals surface area contributed by atoms with Crippen molar-refractivity contribution in [3.8, 4) is 0 Å². The van der Waals surface area contributed by atoms with Gasteiger partial charge in [0.2, 0.25) is 0 Å². The first kappa shape index (κ1) is 13.2. The van der Waals surface area contributed by atoms with E-state index in [4.69, 9.17) is 0 Å². The van der Waals surface area contributed by atoms with E-state index in [1.807, 2.05) is 7.05 Å². The van der Waals surface area contributed by atoms with Gasteiger partial charge in [0.25, 0.3) is 5.69 Å². The predicted molar refractivity (Wildman–Crippen MR) is 70.0 cm³/mol. The van der Waals surface area contributed by atoms with Crippen LogP contribution in [0.5, 0.6) is 0 Å². The summed E-state index contributed by atoms with van der Waals surface area (Å²) in [4.78, 5) is 10.8. The van der Waals surface area contributed by atoms with Gasteiger partial charge in [0.05, 0.1) is 21.0 Å². The molecule has 3 atom stereocenters. The van der Waals surface area contributed by atoms with Crippen LogP contribution in [0.25, 0.3) is 0 Å². The largest absolute Gasteiger partial charge is 0.316 e. The molecule has 2 rings (SSSR count). The topological polar surface area (TPSA) is 72.2 Å². The van der Waals surface area contributed by atoms with Gasteiger partial charge in [0.15, 0.2) is 0 Å². The number of nitro groups is 1. The lowest BCUT2D eigenvalue weighted by Gasteiger charge is -2.18. The molecule has 1 aliphatic carbocycles. The Balaban J connectivity index is 2.16. The van der Waals surface area contributed by atoms with Crippen LogP contribution in [0, 0.1) is 10.1 Å². The average Bonchev–Trinajstić information content (AvgIpc) is 2.86. The molecule has 1 saturated carbocycles. The molecule has 18 heavy (non-hydrogen) atoms. The lowest BCUT2D eigenvalue weighted by molar-refractivity contribution is -0.384. The fourth-order valence-electron chi connectivity index (χ4n) is 2.39. The first-order chi connectivity index (χ1) is 8.63. The number of nitrogens with one attached hydrogen (secondary N) is 1. The maximum atomic E-state index is 12.4. The number of hydrogen-bond donors (Lipinski definition) is 1. The molecule has 0 aromatic heterocycles. The van der Waals surface area contributed by atoms with E-state index in [0.717, 1.165) is 19.3 Å². The fourth-order valence-corrected chi connectivity index (χ4v) is 4.09. The molecule has 5 nitrogen and oxygen atoms in total. The van der Waals surface area contributed by atoms with Gasteiger partial charge in [-0.1, -0.05) is 6.42 Å². The van der Waals surface area contributed by atoms with Gasteiger partial charge in [0, 0.05) is 23.1 Å². The number of rotatable bonds is 4. The lowest BCUT2D eigenvalue weighted by atomic mass is 10.2. The van der Waals surface area contributed by atoms with Crippen LogP contribution in [0.3, 0.4) is 0 Å². The highest BCUT2D eigenvalue weighted by Gasteiger charge is 2.31. The number of non-ortho nitro benzene ring substituents is 1. The zero-order valence-corrected chi connectivity index (χ0v) is 11.0. The molecule has 0 radical (unpaired) electrons. The molecule has 6 heteroatoms. The van der Waals surface area contributed by atoms with Crippen molar-refractivity contribution in [3.05, 3.63) is 34.4 Å². The molecule has 1 aromatic rings. The Morgan fingerprint density at radius 3 is 2.56 bits per heavy atom. The van der Waals surface area contributed by atoms with E-state index >= 15 is 0 Å². The quantitative estimate of drug-likeness (QED) is 0.668. The minimum atomic E-state index is -1.10. The molecule has 0 heterocycles. The second-order valence-corrected chi connectivity index (χ2v) is 6.08. The van der Waals surface area contributed by atoms with Gasteiger partial charge < -0.3 is 5.32 Å². The smallest absolute Gasteiger partial charge is 0.269 e. The van der Waals surface area contributed by atoms with Crippen LogP contribution in [0.15, 0.2) is 29.2 Å². The summed E-state index contributed by atoms with van der Waals surface area (Å²) in [5.74, 6) is 0. The van der Waals surface area contributed by atoms with Gasteiger partial charge >= 0.3 is 0 Å². The van der Waals surface area contributed by atoms with Gasteiger partial charge in [-0.05, 0) is 32.0 Å². The van der Waals surface area contributed by atoms with Gasteiger partial charge in [-0.2, -0.15) is 0 Å². The van der Waals surface area contributed by atoms with Crippen LogP contribution in [0.4, 0.5) is 5.69 Å². The van der Waals surface area contributed by atoms with Crippen LogP contribution < -0.4 is 5.32 Å². The van der Waals surface area contributed by atoms with Gasteiger partial charge in [-0.3, -0.25) is 14.3 Å². The Morgan fingerprint density at radius 2 is 2.00 bits per heavy atom. The highest BCUT2D eigenvalue weighted by atomic mass is 32.2. The maximum absolute atomic E-state index is 12.4. The van der Waals surface area contributed by atoms with Crippen LogP contribution in [0.2, 0.25) is 0 Å². The van der Waals surface area contributed by atoms with Crippen molar-refractivity contribution in [2.24, 2.45) is 0 Å². The molecular weight excluding hydrogens is 252 g/mol. The average molecular weight is 268 g/mol. The molecule has 0 saturated heterocycles. The summed E-state index contributed by atoms with van der Waals surface area (Å²) in [6.07, 6.45) is 3.06. The highest BCUT2D eigenvalue weighted by Crippen LogP contribution is 2.27. The Kier molecular flexibility index (Phi) is 4.08. The molecule has 1 N–H and O–H groups in total. The minimum absolute atomic E-state index is 0.0346. The third kappa shape index (κ3) is 2.59. The Labute approximate surface area is 108 Å². The molecule has 98 valence electrons. The van der Waals surface area contributed by atoms with Crippen molar-refractivity contribution in [2.45, 2.75) is 35.4 Å². The van der Waals surface area contributed by atoms with E-state index in [-0.39, 0.29) is 17.0 Å². The molecule has 0 aliphatic heterocycles. The zero-order valence-electron chi connectivity index (χ0n) is 10.2. The van der Waals surface area contributed by atoms with Gasteiger partial charge in [-0.25, -0.2) is 0 Å². The minimum Gasteiger partial charge on any atom is -0.316 e. The number of benzene rings is 1.